The van der Waals surface area contributed by atoms with E-state index >= 15 is 0 Å². The van der Waals surface area contributed by atoms with Crippen LogP contribution in [0.3, 0.4) is 0 Å². The van der Waals surface area contributed by atoms with Gasteiger partial charge in [-0.3, -0.25) is 14.5 Å². The summed E-state index contributed by atoms with van der Waals surface area (Å²) in [5.41, 5.74) is 0.532. The summed E-state index contributed by atoms with van der Waals surface area (Å²) in [5.74, 6) is -0.891. The largest absolute Gasteiger partial charge is 0.383 e. The molecule has 2 aromatic heterocycles. The molecule has 2 rings (SSSR count). The number of ketones is 1. The lowest BCUT2D eigenvalue weighted by molar-refractivity contribution is 0.102. The van der Waals surface area contributed by atoms with Gasteiger partial charge in [0.2, 0.25) is 5.78 Å². The maximum absolute atomic E-state index is 13.1. The second-order valence-electron chi connectivity index (χ2n) is 3.78. The lowest BCUT2D eigenvalue weighted by Crippen LogP contribution is -2.15. The molecule has 0 spiro atoms. The molecule has 19 heavy (non-hydrogen) atoms. The quantitative estimate of drug-likeness (QED) is 0.789. The van der Waals surface area contributed by atoms with Gasteiger partial charge in [0.25, 0.3) is 0 Å². The van der Waals surface area contributed by atoms with Gasteiger partial charge in [0.15, 0.2) is 0 Å². The number of carbonyl (C=O) groups is 1. The third-order valence-corrected chi connectivity index (χ3v) is 3.06. The van der Waals surface area contributed by atoms with Crippen molar-refractivity contribution in [1.29, 1.82) is 0 Å². The van der Waals surface area contributed by atoms with Gasteiger partial charge in [0.1, 0.15) is 11.5 Å². The van der Waals surface area contributed by atoms with Gasteiger partial charge in [-0.25, -0.2) is 4.39 Å². The fraction of sp³-hybridized carbons (Fsp3) is 0.250. The minimum absolute atomic E-state index is 0.180. The first-order chi connectivity index (χ1) is 9.13. The standard InChI is InChI=1S/C12H11BrFN3O2/c1-19-3-2-17-11(10(13)7-16-17)12(18)8-4-9(14)6-15-5-8/h4-7H,2-3H2,1H3. The summed E-state index contributed by atoms with van der Waals surface area (Å²) in [5, 5.41) is 4.08. The van der Waals surface area contributed by atoms with E-state index in [1.165, 1.54) is 17.1 Å². The van der Waals surface area contributed by atoms with Crippen LogP contribution in [-0.4, -0.2) is 34.3 Å². The Morgan fingerprint density at radius 1 is 1.47 bits per heavy atom. The zero-order valence-corrected chi connectivity index (χ0v) is 11.7. The summed E-state index contributed by atoms with van der Waals surface area (Å²) < 4.78 is 20.1. The summed E-state index contributed by atoms with van der Waals surface area (Å²) in [6.45, 7) is 0.863. The highest BCUT2D eigenvalue weighted by Gasteiger charge is 2.19. The molecule has 0 N–H and O–H groups in total. The van der Waals surface area contributed by atoms with Gasteiger partial charge in [-0.05, 0) is 22.0 Å². The topological polar surface area (TPSA) is 57.0 Å². The number of methoxy groups -OCH3 is 1. The molecule has 0 aromatic carbocycles. The molecule has 7 heteroatoms. The molecule has 0 atom stereocenters. The SMILES string of the molecule is COCCn1ncc(Br)c1C(=O)c1cncc(F)c1. The molecule has 0 amide bonds. The first-order valence-electron chi connectivity index (χ1n) is 5.49. The van der Waals surface area contributed by atoms with Crippen LogP contribution in [0.5, 0.6) is 0 Å². The fourth-order valence-electron chi connectivity index (χ4n) is 1.61. The minimum Gasteiger partial charge on any atom is -0.383 e. The summed E-state index contributed by atoms with van der Waals surface area (Å²) in [7, 11) is 1.57. The predicted molar refractivity (Wildman–Crippen MR) is 69.4 cm³/mol. The van der Waals surface area contributed by atoms with Crippen molar-refractivity contribution in [3.63, 3.8) is 0 Å². The molecule has 0 aliphatic carbocycles. The Hall–Kier alpha value is -1.60. The van der Waals surface area contributed by atoms with Crippen LogP contribution in [0.15, 0.2) is 29.1 Å². The Labute approximate surface area is 117 Å². The van der Waals surface area contributed by atoms with Crippen LogP contribution in [0.2, 0.25) is 0 Å². The van der Waals surface area contributed by atoms with E-state index in [9.17, 15) is 9.18 Å². The number of aromatic nitrogens is 3. The molecular weight excluding hydrogens is 317 g/mol. The Morgan fingerprint density at radius 2 is 2.26 bits per heavy atom. The van der Waals surface area contributed by atoms with Crippen LogP contribution >= 0.6 is 15.9 Å². The van der Waals surface area contributed by atoms with Crippen molar-refractivity contribution in [2.75, 3.05) is 13.7 Å². The van der Waals surface area contributed by atoms with Crippen LogP contribution < -0.4 is 0 Å². The van der Waals surface area contributed by atoms with E-state index < -0.39 is 5.82 Å². The number of hydrogen-bond donors (Lipinski definition) is 0. The van der Waals surface area contributed by atoms with Gasteiger partial charge in [-0.15, -0.1) is 0 Å². The van der Waals surface area contributed by atoms with Gasteiger partial charge < -0.3 is 4.74 Å². The molecule has 0 saturated heterocycles. The molecule has 0 fully saturated rings. The summed E-state index contributed by atoms with van der Waals surface area (Å²) in [6.07, 6.45) is 3.90. The third kappa shape index (κ3) is 3.05. The average Bonchev–Trinajstić information content (AvgIpc) is 2.76. The average molecular weight is 328 g/mol. The normalized spacial score (nSPS) is 10.7. The molecule has 100 valence electrons. The van der Waals surface area contributed by atoms with Gasteiger partial charge >= 0.3 is 0 Å². The van der Waals surface area contributed by atoms with Crippen molar-refractivity contribution < 1.29 is 13.9 Å². The van der Waals surface area contributed by atoms with Crippen molar-refractivity contribution in [3.8, 4) is 0 Å². The molecule has 0 bridgehead atoms. The van der Waals surface area contributed by atoms with E-state index in [0.717, 1.165) is 12.3 Å². The molecule has 2 heterocycles. The molecule has 2 aromatic rings. The van der Waals surface area contributed by atoms with Crippen LogP contribution in [0.1, 0.15) is 16.1 Å². The molecule has 0 radical (unpaired) electrons. The monoisotopic (exact) mass is 327 g/mol. The molecule has 0 saturated carbocycles. The molecule has 0 unspecified atom stereocenters. The summed E-state index contributed by atoms with van der Waals surface area (Å²) in [4.78, 5) is 16.0. The van der Waals surface area contributed by atoms with Gasteiger partial charge in [0.05, 0.1) is 30.0 Å². The Bertz CT molecular complexity index is 600. The predicted octanol–water partition coefficient (Wildman–Crippen LogP) is 2.06. The number of halogens is 2. The van der Waals surface area contributed by atoms with Crippen LogP contribution in [-0.2, 0) is 11.3 Å². The molecular formula is C12H11BrFN3O2. The van der Waals surface area contributed by atoms with E-state index in [2.05, 4.69) is 26.0 Å². The first kappa shape index (κ1) is 13.8. The second kappa shape index (κ2) is 6.03. The maximum Gasteiger partial charge on any atom is 0.213 e. The smallest absolute Gasteiger partial charge is 0.213 e. The Kier molecular flexibility index (Phi) is 4.39. The highest BCUT2D eigenvalue weighted by atomic mass is 79.9. The van der Waals surface area contributed by atoms with Crippen LogP contribution in [0.4, 0.5) is 4.39 Å². The highest BCUT2D eigenvalue weighted by molar-refractivity contribution is 9.10. The third-order valence-electron chi connectivity index (χ3n) is 2.48. The number of rotatable bonds is 5. The minimum atomic E-state index is -0.551. The highest BCUT2D eigenvalue weighted by Crippen LogP contribution is 2.20. The first-order valence-corrected chi connectivity index (χ1v) is 6.28. The number of carbonyl (C=O) groups excluding carboxylic acids is 1. The lowest BCUT2D eigenvalue weighted by atomic mass is 10.1. The van der Waals surface area contributed by atoms with Crippen LogP contribution in [0, 0.1) is 5.82 Å². The van der Waals surface area contributed by atoms with E-state index in [1.807, 2.05) is 0 Å². The van der Waals surface area contributed by atoms with Crippen LogP contribution in [0.25, 0.3) is 0 Å². The van der Waals surface area contributed by atoms with Crippen molar-refractivity contribution >= 4 is 21.7 Å². The molecule has 5 nitrogen and oxygen atoms in total. The van der Waals surface area contributed by atoms with Gasteiger partial charge in [0, 0.05) is 18.9 Å². The van der Waals surface area contributed by atoms with Crippen molar-refractivity contribution in [1.82, 2.24) is 14.8 Å². The van der Waals surface area contributed by atoms with Crippen molar-refractivity contribution in [2.45, 2.75) is 6.54 Å². The number of nitrogens with zero attached hydrogens (tertiary/aromatic N) is 3. The second-order valence-corrected chi connectivity index (χ2v) is 4.63. The number of hydrogen-bond acceptors (Lipinski definition) is 4. The van der Waals surface area contributed by atoms with Gasteiger partial charge in [-0.1, -0.05) is 0 Å². The van der Waals surface area contributed by atoms with E-state index in [-0.39, 0.29) is 11.3 Å². The van der Waals surface area contributed by atoms with E-state index in [4.69, 9.17) is 4.74 Å². The lowest BCUT2D eigenvalue weighted by Gasteiger charge is -2.06. The van der Waals surface area contributed by atoms with E-state index in [0.29, 0.717) is 23.3 Å². The molecule has 0 aliphatic rings. The Morgan fingerprint density at radius 3 is 2.95 bits per heavy atom. The van der Waals surface area contributed by atoms with Crippen molar-refractivity contribution in [3.05, 3.63) is 46.2 Å². The summed E-state index contributed by atoms with van der Waals surface area (Å²) >= 11 is 3.27. The fourth-order valence-corrected chi connectivity index (χ4v) is 2.08. The maximum atomic E-state index is 13.1. The van der Waals surface area contributed by atoms with Gasteiger partial charge in [-0.2, -0.15) is 5.10 Å². The number of ether oxygens (including phenoxy) is 1. The van der Waals surface area contributed by atoms with Crippen molar-refractivity contribution in [2.24, 2.45) is 0 Å². The zero-order chi connectivity index (χ0) is 13.8. The Balaban J connectivity index is 2.35. The zero-order valence-electron chi connectivity index (χ0n) is 10.1. The van der Waals surface area contributed by atoms with E-state index in [1.54, 1.807) is 7.11 Å². The number of pyridine rings is 1. The molecule has 0 aliphatic heterocycles. The summed E-state index contributed by atoms with van der Waals surface area (Å²) in [6, 6.07) is 1.15.